The van der Waals surface area contributed by atoms with Crippen molar-refractivity contribution in [2.45, 2.75) is 33.2 Å². The van der Waals surface area contributed by atoms with Crippen LogP contribution < -0.4 is 10.6 Å². The molecule has 0 radical (unpaired) electrons. The van der Waals surface area contributed by atoms with E-state index in [9.17, 15) is 4.79 Å². The van der Waals surface area contributed by atoms with Gasteiger partial charge in [0, 0.05) is 13.1 Å². The Morgan fingerprint density at radius 3 is 2.65 bits per heavy atom. The predicted molar refractivity (Wildman–Crippen MR) is 105 cm³/mol. The average Bonchev–Trinajstić information content (AvgIpc) is 3.02. The van der Waals surface area contributed by atoms with E-state index >= 15 is 0 Å². The minimum atomic E-state index is -0.133. The van der Waals surface area contributed by atoms with Crippen LogP contribution in [0.2, 0.25) is 0 Å². The summed E-state index contributed by atoms with van der Waals surface area (Å²) in [5, 5.41) is 6.06. The minimum Gasteiger partial charge on any atom is -0.341 e. The quantitative estimate of drug-likeness (QED) is 0.629. The molecule has 3 N–H and O–H groups in total. The van der Waals surface area contributed by atoms with Crippen LogP contribution in [0.25, 0.3) is 22.2 Å². The van der Waals surface area contributed by atoms with E-state index in [1.54, 1.807) is 6.20 Å². The predicted octanol–water partition coefficient (Wildman–Crippen LogP) is 3.89. The molecule has 0 saturated carbocycles. The van der Waals surface area contributed by atoms with E-state index in [-0.39, 0.29) is 11.9 Å². The van der Waals surface area contributed by atoms with Gasteiger partial charge >= 0.3 is 0 Å². The third-order valence-corrected chi connectivity index (χ3v) is 4.28. The monoisotopic (exact) mass is 351 g/mol. The lowest BCUT2D eigenvalue weighted by atomic mass is 10.0. The summed E-state index contributed by atoms with van der Waals surface area (Å²) in [5.74, 6) is 1.96. The summed E-state index contributed by atoms with van der Waals surface area (Å²) >= 11 is 0. The normalized spacial score (nSPS) is 12.5. The van der Waals surface area contributed by atoms with E-state index in [2.05, 4.69) is 40.5 Å². The topological polar surface area (TPSA) is 82.7 Å². The maximum absolute atomic E-state index is 11.2. The summed E-state index contributed by atoms with van der Waals surface area (Å²) in [6, 6.07) is 10.1. The molecule has 1 atom stereocenters. The van der Waals surface area contributed by atoms with Crippen LogP contribution >= 0.6 is 0 Å². The molecule has 2 heterocycles. The SMILES string of the molecule is CN[C@H](CC(C)C)c1nc2ccc(-c3ccnc(NC(C)=O)c3)cc2[nH]1. The van der Waals surface area contributed by atoms with Gasteiger partial charge in [0.25, 0.3) is 0 Å². The smallest absolute Gasteiger partial charge is 0.222 e. The van der Waals surface area contributed by atoms with Crippen molar-refractivity contribution >= 4 is 22.8 Å². The van der Waals surface area contributed by atoms with Gasteiger partial charge in [-0.25, -0.2) is 9.97 Å². The van der Waals surface area contributed by atoms with E-state index in [0.29, 0.717) is 11.7 Å². The third kappa shape index (κ3) is 4.08. The molecule has 0 unspecified atom stereocenters. The number of hydrogen-bond acceptors (Lipinski definition) is 4. The maximum Gasteiger partial charge on any atom is 0.222 e. The number of aromatic nitrogens is 3. The Labute approximate surface area is 153 Å². The van der Waals surface area contributed by atoms with E-state index in [4.69, 9.17) is 4.98 Å². The number of anilines is 1. The Bertz CT molecular complexity index is 915. The molecule has 0 aliphatic heterocycles. The molecule has 0 aliphatic rings. The molecule has 1 amide bonds. The zero-order valence-corrected chi connectivity index (χ0v) is 15.6. The molecule has 6 nitrogen and oxygen atoms in total. The van der Waals surface area contributed by atoms with Gasteiger partial charge in [0.2, 0.25) is 5.91 Å². The van der Waals surface area contributed by atoms with Crippen LogP contribution in [0.15, 0.2) is 36.5 Å². The van der Waals surface area contributed by atoms with Crippen LogP contribution in [0.4, 0.5) is 5.82 Å². The van der Waals surface area contributed by atoms with Crippen molar-refractivity contribution in [3.63, 3.8) is 0 Å². The Morgan fingerprint density at radius 1 is 1.19 bits per heavy atom. The molecular weight excluding hydrogens is 326 g/mol. The Balaban J connectivity index is 1.93. The van der Waals surface area contributed by atoms with Crippen molar-refractivity contribution in [1.29, 1.82) is 0 Å². The first-order valence-electron chi connectivity index (χ1n) is 8.87. The largest absolute Gasteiger partial charge is 0.341 e. The number of carbonyl (C=O) groups is 1. The highest BCUT2D eigenvalue weighted by atomic mass is 16.1. The zero-order chi connectivity index (χ0) is 18.7. The number of nitrogens with zero attached hydrogens (tertiary/aromatic N) is 2. The Kier molecular flexibility index (Phi) is 5.32. The van der Waals surface area contributed by atoms with Crippen LogP contribution in [0, 0.1) is 5.92 Å². The van der Waals surface area contributed by atoms with Crippen LogP contribution in [-0.4, -0.2) is 27.9 Å². The van der Waals surface area contributed by atoms with Gasteiger partial charge in [-0.1, -0.05) is 19.9 Å². The number of rotatable bonds is 6. The second-order valence-corrected chi connectivity index (χ2v) is 6.94. The number of fused-ring (bicyclic) bond motifs is 1. The molecule has 6 heteroatoms. The second kappa shape index (κ2) is 7.66. The van der Waals surface area contributed by atoms with Gasteiger partial charge in [-0.3, -0.25) is 4.79 Å². The van der Waals surface area contributed by atoms with Crippen molar-refractivity contribution < 1.29 is 4.79 Å². The van der Waals surface area contributed by atoms with E-state index < -0.39 is 0 Å². The van der Waals surface area contributed by atoms with Gasteiger partial charge in [0.05, 0.1) is 17.1 Å². The maximum atomic E-state index is 11.2. The minimum absolute atomic E-state index is 0.133. The number of carbonyl (C=O) groups excluding carboxylic acids is 1. The standard InChI is InChI=1S/C20H25N5O/c1-12(2)9-18(21-4)20-24-16-6-5-14(10-17(16)25-20)15-7-8-22-19(11-15)23-13(3)26/h5-8,10-12,18,21H,9H2,1-4H3,(H,24,25)(H,22,23,26)/t18-/m1/s1. The van der Waals surface area contributed by atoms with Gasteiger partial charge in [-0.05, 0) is 54.8 Å². The Morgan fingerprint density at radius 2 is 1.96 bits per heavy atom. The van der Waals surface area contributed by atoms with Crippen LogP contribution in [0.3, 0.4) is 0 Å². The fourth-order valence-electron chi connectivity index (χ4n) is 3.07. The summed E-state index contributed by atoms with van der Waals surface area (Å²) in [6.07, 6.45) is 2.72. The van der Waals surface area contributed by atoms with Crippen molar-refractivity contribution in [3.8, 4) is 11.1 Å². The fourth-order valence-corrected chi connectivity index (χ4v) is 3.07. The van der Waals surface area contributed by atoms with Gasteiger partial charge in [-0.2, -0.15) is 0 Å². The molecule has 3 aromatic rings. The molecule has 2 aromatic heterocycles. The molecular formula is C20H25N5O. The summed E-state index contributed by atoms with van der Waals surface area (Å²) in [4.78, 5) is 23.6. The van der Waals surface area contributed by atoms with Crippen molar-refractivity contribution in [1.82, 2.24) is 20.3 Å². The molecule has 0 bridgehead atoms. The van der Waals surface area contributed by atoms with Gasteiger partial charge in [0.1, 0.15) is 11.6 Å². The molecule has 0 fully saturated rings. The molecule has 3 rings (SSSR count). The van der Waals surface area contributed by atoms with Crippen molar-refractivity contribution in [2.75, 3.05) is 12.4 Å². The fraction of sp³-hybridized carbons (Fsp3) is 0.350. The summed E-state index contributed by atoms with van der Waals surface area (Å²) in [5.41, 5.74) is 3.99. The number of nitrogens with one attached hydrogen (secondary N) is 3. The third-order valence-electron chi connectivity index (χ3n) is 4.28. The van der Waals surface area contributed by atoms with Crippen molar-refractivity contribution in [3.05, 3.63) is 42.4 Å². The number of amides is 1. The van der Waals surface area contributed by atoms with E-state index in [1.807, 2.05) is 31.3 Å². The zero-order valence-electron chi connectivity index (χ0n) is 15.6. The highest BCUT2D eigenvalue weighted by molar-refractivity contribution is 5.89. The van der Waals surface area contributed by atoms with Gasteiger partial charge in [-0.15, -0.1) is 0 Å². The highest BCUT2D eigenvalue weighted by Gasteiger charge is 2.15. The molecule has 0 spiro atoms. The first-order valence-corrected chi connectivity index (χ1v) is 8.87. The number of H-pyrrole nitrogens is 1. The second-order valence-electron chi connectivity index (χ2n) is 6.94. The lowest BCUT2D eigenvalue weighted by Gasteiger charge is -2.15. The lowest BCUT2D eigenvalue weighted by molar-refractivity contribution is -0.114. The Hall–Kier alpha value is -2.73. The van der Waals surface area contributed by atoms with Crippen LogP contribution in [0.1, 0.15) is 39.1 Å². The van der Waals surface area contributed by atoms with E-state index in [0.717, 1.165) is 34.4 Å². The van der Waals surface area contributed by atoms with Crippen LogP contribution in [-0.2, 0) is 4.79 Å². The van der Waals surface area contributed by atoms with E-state index in [1.165, 1.54) is 6.92 Å². The summed E-state index contributed by atoms with van der Waals surface area (Å²) in [7, 11) is 1.96. The molecule has 136 valence electrons. The molecule has 26 heavy (non-hydrogen) atoms. The van der Waals surface area contributed by atoms with Crippen LogP contribution in [0.5, 0.6) is 0 Å². The summed E-state index contributed by atoms with van der Waals surface area (Å²) in [6.45, 7) is 5.89. The van der Waals surface area contributed by atoms with Crippen molar-refractivity contribution in [2.24, 2.45) is 5.92 Å². The van der Waals surface area contributed by atoms with Gasteiger partial charge < -0.3 is 15.6 Å². The first-order chi connectivity index (χ1) is 12.5. The summed E-state index contributed by atoms with van der Waals surface area (Å²) < 4.78 is 0. The number of hydrogen-bond donors (Lipinski definition) is 3. The number of imidazole rings is 1. The number of pyridine rings is 1. The first kappa shape index (κ1) is 18.1. The molecule has 0 saturated heterocycles. The van der Waals surface area contributed by atoms with Gasteiger partial charge in [0.15, 0.2) is 0 Å². The lowest BCUT2D eigenvalue weighted by Crippen LogP contribution is -2.19. The molecule has 0 aliphatic carbocycles. The highest BCUT2D eigenvalue weighted by Crippen LogP contribution is 2.27. The number of benzene rings is 1. The number of aromatic amines is 1. The average molecular weight is 351 g/mol. The molecule has 1 aromatic carbocycles.